The van der Waals surface area contributed by atoms with Gasteiger partial charge in [-0.1, -0.05) is 26.0 Å². The van der Waals surface area contributed by atoms with Crippen LogP contribution in [0.1, 0.15) is 52.1 Å². The molecule has 1 fully saturated rings. The third-order valence-electron chi connectivity index (χ3n) is 3.90. The Morgan fingerprint density at radius 2 is 2.00 bits per heavy atom. The second kappa shape index (κ2) is 6.42. The van der Waals surface area contributed by atoms with E-state index >= 15 is 0 Å². The van der Waals surface area contributed by atoms with E-state index in [2.05, 4.69) is 51.2 Å². The summed E-state index contributed by atoms with van der Waals surface area (Å²) < 4.78 is 5.81. The van der Waals surface area contributed by atoms with Gasteiger partial charge in [-0.15, -0.1) is 0 Å². The summed E-state index contributed by atoms with van der Waals surface area (Å²) in [5, 5.41) is 3.64. The van der Waals surface area contributed by atoms with E-state index in [4.69, 9.17) is 4.74 Å². The molecule has 0 spiro atoms. The van der Waals surface area contributed by atoms with Gasteiger partial charge in [0.2, 0.25) is 0 Å². The summed E-state index contributed by atoms with van der Waals surface area (Å²) in [7, 11) is 0. The molecule has 106 valence electrons. The van der Waals surface area contributed by atoms with E-state index in [1.807, 2.05) is 6.07 Å². The molecular weight excluding hydrogens is 234 g/mol. The highest BCUT2D eigenvalue weighted by Gasteiger charge is 2.33. The summed E-state index contributed by atoms with van der Waals surface area (Å²) in [5.74, 6) is 2.59. The van der Waals surface area contributed by atoms with Gasteiger partial charge in [-0.25, -0.2) is 0 Å². The highest BCUT2D eigenvalue weighted by Crippen LogP contribution is 2.43. The van der Waals surface area contributed by atoms with Gasteiger partial charge in [0.05, 0.1) is 6.10 Å². The normalized spacial score (nSPS) is 18.4. The van der Waals surface area contributed by atoms with Crippen molar-refractivity contribution in [2.45, 2.75) is 52.7 Å². The molecule has 0 amide bonds. The first kappa shape index (κ1) is 14.4. The largest absolute Gasteiger partial charge is 0.491 e. The lowest BCUT2D eigenvalue weighted by Crippen LogP contribution is -2.28. The summed E-state index contributed by atoms with van der Waals surface area (Å²) >= 11 is 0. The van der Waals surface area contributed by atoms with Crippen molar-refractivity contribution in [2.24, 2.45) is 11.8 Å². The zero-order valence-corrected chi connectivity index (χ0v) is 12.6. The first-order valence-electron chi connectivity index (χ1n) is 7.61. The molecule has 1 aromatic carbocycles. The summed E-state index contributed by atoms with van der Waals surface area (Å²) in [6, 6.07) is 9.03. The second-order valence-electron chi connectivity index (χ2n) is 5.97. The van der Waals surface area contributed by atoms with E-state index in [1.165, 1.54) is 18.4 Å². The van der Waals surface area contributed by atoms with Crippen LogP contribution in [0.3, 0.4) is 0 Å². The van der Waals surface area contributed by atoms with Gasteiger partial charge >= 0.3 is 0 Å². The van der Waals surface area contributed by atoms with Crippen molar-refractivity contribution >= 4 is 0 Å². The molecule has 2 atom stereocenters. The first-order valence-corrected chi connectivity index (χ1v) is 7.61. The molecule has 1 aromatic rings. The molecule has 1 aliphatic carbocycles. The Bertz CT molecular complexity index is 398. The Morgan fingerprint density at radius 1 is 1.26 bits per heavy atom. The number of rotatable bonds is 7. The van der Waals surface area contributed by atoms with Crippen LogP contribution in [0.5, 0.6) is 5.75 Å². The van der Waals surface area contributed by atoms with Gasteiger partial charge in [0, 0.05) is 6.04 Å². The lowest BCUT2D eigenvalue weighted by atomic mass is 9.90. The minimum atomic E-state index is 0.230. The van der Waals surface area contributed by atoms with Crippen molar-refractivity contribution in [1.29, 1.82) is 0 Å². The molecule has 0 radical (unpaired) electrons. The maximum atomic E-state index is 5.81. The van der Waals surface area contributed by atoms with E-state index < -0.39 is 0 Å². The molecule has 1 saturated carbocycles. The SMILES string of the molecule is CCNC(c1cccc(OC(C)C)c1)C(C)C1CC1. The van der Waals surface area contributed by atoms with E-state index in [-0.39, 0.29) is 6.10 Å². The van der Waals surface area contributed by atoms with Crippen molar-refractivity contribution < 1.29 is 4.74 Å². The van der Waals surface area contributed by atoms with Crippen molar-refractivity contribution in [1.82, 2.24) is 5.32 Å². The number of ether oxygens (including phenoxy) is 1. The monoisotopic (exact) mass is 261 g/mol. The maximum Gasteiger partial charge on any atom is 0.120 e. The molecule has 19 heavy (non-hydrogen) atoms. The average Bonchev–Trinajstić information content (AvgIpc) is 3.19. The van der Waals surface area contributed by atoms with Crippen LogP contribution in [0.25, 0.3) is 0 Å². The third-order valence-corrected chi connectivity index (χ3v) is 3.90. The Kier molecular flexibility index (Phi) is 4.87. The molecule has 0 heterocycles. The van der Waals surface area contributed by atoms with Crippen LogP contribution in [0.2, 0.25) is 0 Å². The highest BCUT2D eigenvalue weighted by atomic mass is 16.5. The van der Waals surface area contributed by atoms with Gasteiger partial charge in [-0.05, 0) is 62.8 Å². The molecule has 2 rings (SSSR count). The minimum Gasteiger partial charge on any atom is -0.491 e. The summed E-state index contributed by atoms with van der Waals surface area (Å²) in [4.78, 5) is 0. The first-order chi connectivity index (χ1) is 9.11. The van der Waals surface area contributed by atoms with Crippen LogP contribution in [0, 0.1) is 11.8 Å². The van der Waals surface area contributed by atoms with Gasteiger partial charge in [0.25, 0.3) is 0 Å². The second-order valence-corrected chi connectivity index (χ2v) is 5.97. The molecule has 0 aliphatic heterocycles. The van der Waals surface area contributed by atoms with Gasteiger partial charge in [-0.3, -0.25) is 0 Å². The highest BCUT2D eigenvalue weighted by molar-refractivity contribution is 5.31. The third kappa shape index (κ3) is 3.97. The quantitative estimate of drug-likeness (QED) is 0.795. The van der Waals surface area contributed by atoms with Gasteiger partial charge in [-0.2, -0.15) is 0 Å². The molecule has 1 N–H and O–H groups in total. The summed E-state index contributed by atoms with van der Waals surface area (Å²) in [5.41, 5.74) is 1.36. The maximum absolute atomic E-state index is 5.81. The Labute approximate surface area is 117 Å². The fraction of sp³-hybridized carbons (Fsp3) is 0.647. The Morgan fingerprint density at radius 3 is 2.58 bits per heavy atom. The molecule has 2 nitrogen and oxygen atoms in total. The average molecular weight is 261 g/mol. The van der Waals surface area contributed by atoms with Crippen molar-refractivity contribution in [3.63, 3.8) is 0 Å². The number of nitrogens with one attached hydrogen (secondary N) is 1. The zero-order chi connectivity index (χ0) is 13.8. The fourth-order valence-electron chi connectivity index (χ4n) is 2.77. The molecule has 0 aromatic heterocycles. The number of benzene rings is 1. The van der Waals surface area contributed by atoms with Crippen molar-refractivity contribution in [3.8, 4) is 5.75 Å². The molecule has 2 unspecified atom stereocenters. The van der Waals surface area contributed by atoms with Crippen LogP contribution in [-0.2, 0) is 0 Å². The molecule has 2 heteroatoms. The predicted molar refractivity (Wildman–Crippen MR) is 80.5 cm³/mol. The molecule has 1 aliphatic rings. The van der Waals surface area contributed by atoms with Crippen molar-refractivity contribution in [3.05, 3.63) is 29.8 Å². The Balaban J connectivity index is 2.15. The van der Waals surface area contributed by atoms with Crippen LogP contribution >= 0.6 is 0 Å². The minimum absolute atomic E-state index is 0.230. The lowest BCUT2D eigenvalue weighted by molar-refractivity contribution is 0.241. The topological polar surface area (TPSA) is 21.3 Å². The Hall–Kier alpha value is -1.02. The van der Waals surface area contributed by atoms with Crippen LogP contribution in [-0.4, -0.2) is 12.6 Å². The van der Waals surface area contributed by atoms with Gasteiger partial charge in [0.1, 0.15) is 5.75 Å². The lowest BCUT2D eigenvalue weighted by Gasteiger charge is -2.26. The van der Waals surface area contributed by atoms with Crippen LogP contribution < -0.4 is 10.1 Å². The van der Waals surface area contributed by atoms with Crippen LogP contribution in [0.15, 0.2) is 24.3 Å². The predicted octanol–water partition coefficient (Wildman–Crippen LogP) is 4.17. The summed E-state index contributed by atoms with van der Waals surface area (Å²) in [6.07, 6.45) is 3.02. The van der Waals surface area contributed by atoms with E-state index in [9.17, 15) is 0 Å². The fourth-order valence-corrected chi connectivity index (χ4v) is 2.77. The number of hydrogen-bond acceptors (Lipinski definition) is 2. The van der Waals surface area contributed by atoms with E-state index in [0.29, 0.717) is 12.0 Å². The van der Waals surface area contributed by atoms with Crippen molar-refractivity contribution in [2.75, 3.05) is 6.54 Å². The van der Waals surface area contributed by atoms with E-state index in [0.717, 1.165) is 18.2 Å². The van der Waals surface area contributed by atoms with Gasteiger partial charge in [0.15, 0.2) is 0 Å². The molecular formula is C17H27NO. The molecule has 0 saturated heterocycles. The summed E-state index contributed by atoms with van der Waals surface area (Å²) in [6.45, 7) is 9.71. The van der Waals surface area contributed by atoms with E-state index in [1.54, 1.807) is 0 Å². The zero-order valence-electron chi connectivity index (χ0n) is 12.6. The van der Waals surface area contributed by atoms with Crippen LogP contribution in [0.4, 0.5) is 0 Å². The molecule has 0 bridgehead atoms. The smallest absolute Gasteiger partial charge is 0.120 e. The van der Waals surface area contributed by atoms with Gasteiger partial charge < -0.3 is 10.1 Å². The standard InChI is InChI=1S/C17H27NO/c1-5-18-17(13(4)14-9-10-14)15-7-6-8-16(11-15)19-12(2)3/h6-8,11-14,17-18H,5,9-10H2,1-4H3. The number of hydrogen-bond donors (Lipinski definition) is 1.